The Bertz CT molecular complexity index is 1540. The van der Waals surface area contributed by atoms with Crippen LogP contribution in [0.1, 0.15) is 34.0 Å². The van der Waals surface area contributed by atoms with Crippen LogP contribution in [0.15, 0.2) is 77.6 Å². The summed E-state index contributed by atoms with van der Waals surface area (Å²) in [5.41, 5.74) is 13.0. The minimum Gasteiger partial charge on any atom is -0.462 e. The van der Waals surface area contributed by atoms with Crippen molar-refractivity contribution in [3.63, 3.8) is 0 Å². The topological polar surface area (TPSA) is 157 Å². The van der Waals surface area contributed by atoms with Crippen molar-refractivity contribution in [2.75, 3.05) is 6.61 Å². The van der Waals surface area contributed by atoms with E-state index < -0.39 is 11.5 Å². The third-order valence-electron chi connectivity index (χ3n) is 5.55. The van der Waals surface area contributed by atoms with Gasteiger partial charge in [0, 0.05) is 17.2 Å². The van der Waals surface area contributed by atoms with Crippen molar-refractivity contribution in [1.29, 1.82) is 10.8 Å². The lowest BCUT2D eigenvalue weighted by atomic mass is 10.1. The van der Waals surface area contributed by atoms with Crippen LogP contribution in [0.2, 0.25) is 0 Å². The molecule has 4 rings (SSSR count). The molecule has 3 aromatic carbocycles. The van der Waals surface area contributed by atoms with Crippen LogP contribution in [0.3, 0.4) is 0 Å². The van der Waals surface area contributed by atoms with E-state index in [0.717, 1.165) is 5.56 Å². The lowest BCUT2D eigenvalue weighted by Gasteiger charge is -2.15. The zero-order chi connectivity index (χ0) is 25.8. The molecule has 0 aliphatic carbocycles. The summed E-state index contributed by atoms with van der Waals surface area (Å²) in [6.07, 6.45) is 0. The van der Waals surface area contributed by atoms with E-state index in [9.17, 15) is 9.59 Å². The van der Waals surface area contributed by atoms with Crippen LogP contribution in [0.4, 0.5) is 0 Å². The Kier molecular flexibility index (Phi) is 6.82. The van der Waals surface area contributed by atoms with E-state index in [1.807, 2.05) is 0 Å². The number of amidine groups is 2. The maximum Gasteiger partial charge on any atom is 0.343 e. The molecule has 0 radical (unpaired) electrons. The molecule has 182 valence electrons. The van der Waals surface area contributed by atoms with E-state index in [-0.39, 0.29) is 30.4 Å². The maximum atomic E-state index is 13.4. The molecule has 9 heteroatoms. The van der Waals surface area contributed by atoms with E-state index in [1.165, 1.54) is 10.6 Å². The highest BCUT2D eigenvalue weighted by molar-refractivity contribution is 5.96. The first-order chi connectivity index (χ1) is 17.3. The summed E-state index contributed by atoms with van der Waals surface area (Å²) in [4.78, 5) is 25.9. The summed E-state index contributed by atoms with van der Waals surface area (Å²) >= 11 is 0. The number of aromatic nitrogens is 1. The van der Waals surface area contributed by atoms with Gasteiger partial charge < -0.3 is 25.5 Å². The first-order valence-corrected chi connectivity index (χ1v) is 11.2. The van der Waals surface area contributed by atoms with Crippen molar-refractivity contribution < 1.29 is 14.3 Å². The molecule has 1 heterocycles. The molecule has 0 fully saturated rings. The average Bonchev–Trinajstić information content (AvgIpc) is 2.86. The van der Waals surface area contributed by atoms with Gasteiger partial charge in [0.05, 0.1) is 18.7 Å². The van der Waals surface area contributed by atoms with Crippen molar-refractivity contribution in [3.8, 4) is 11.5 Å². The van der Waals surface area contributed by atoms with Crippen molar-refractivity contribution >= 4 is 28.5 Å². The molecule has 0 unspecified atom stereocenters. The van der Waals surface area contributed by atoms with E-state index in [0.29, 0.717) is 33.5 Å². The zero-order valence-electron chi connectivity index (χ0n) is 19.6. The van der Waals surface area contributed by atoms with Crippen molar-refractivity contribution in [2.24, 2.45) is 11.5 Å². The number of carbonyl (C=O) groups is 1. The van der Waals surface area contributed by atoms with Crippen LogP contribution < -0.4 is 21.8 Å². The van der Waals surface area contributed by atoms with Gasteiger partial charge in [-0.1, -0.05) is 36.4 Å². The Balaban J connectivity index is 1.81. The van der Waals surface area contributed by atoms with Gasteiger partial charge in [-0.2, -0.15) is 0 Å². The molecule has 6 N–H and O–H groups in total. The van der Waals surface area contributed by atoms with E-state index in [1.54, 1.807) is 73.7 Å². The van der Waals surface area contributed by atoms with Gasteiger partial charge in [-0.05, 0) is 48.2 Å². The minimum absolute atomic E-state index is 0.0518. The largest absolute Gasteiger partial charge is 0.462 e. The Morgan fingerprint density at radius 3 is 2.25 bits per heavy atom. The summed E-state index contributed by atoms with van der Waals surface area (Å²) in [6, 6.07) is 20.5. The number of hydrogen-bond donors (Lipinski definition) is 4. The number of carbonyl (C=O) groups excluding carboxylic acids is 1. The Morgan fingerprint density at radius 2 is 1.58 bits per heavy atom. The van der Waals surface area contributed by atoms with Crippen LogP contribution in [-0.2, 0) is 11.3 Å². The van der Waals surface area contributed by atoms with Crippen LogP contribution in [0, 0.1) is 10.8 Å². The Morgan fingerprint density at radius 1 is 0.889 bits per heavy atom. The second kappa shape index (κ2) is 10.1. The van der Waals surface area contributed by atoms with Gasteiger partial charge in [0.25, 0.3) is 5.56 Å². The number of nitrogens with two attached hydrogens (primary N) is 2. The summed E-state index contributed by atoms with van der Waals surface area (Å²) in [6.45, 7) is 2.00. The van der Waals surface area contributed by atoms with Gasteiger partial charge in [0.2, 0.25) is 0 Å². The molecule has 4 aromatic rings. The fraction of sp³-hybridized carbons (Fsp3) is 0.111. The standard InChI is InChI=1S/C27H25N5O4/c1-2-35-27(34)22-13-18-10-11-21(36-20-5-3-4-19(12-20)25(30)31)14-23(18)32(26(22)33)15-16-6-8-17(9-7-16)24(28)29/h3-14H,2,15H2,1H3,(H3,28,29)(H3,30,31). The summed E-state index contributed by atoms with van der Waals surface area (Å²) in [5, 5.41) is 15.9. The second-order valence-electron chi connectivity index (χ2n) is 8.04. The predicted molar refractivity (Wildman–Crippen MR) is 138 cm³/mol. The van der Waals surface area contributed by atoms with Gasteiger partial charge >= 0.3 is 5.97 Å². The number of rotatable bonds is 8. The second-order valence-corrected chi connectivity index (χ2v) is 8.04. The fourth-order valence-corrected chi connectivity index (χ4v) is 3.76. The smallest absolute Gasteiger partial charge is 0.343 e. The third-order valence-corrected chi connectivity index (χ3v) is 5.55. The summed E-state index contributed by atoms with van der Waals surface area (Å²) in [5.74, 6) is 0.136. The van der Waals surface area contributed by atoms with Crippen LogP contribution in [0.25, 0.3) is 10.9 Å². The minimum atomic E-state index is -0.688. The van der Waals surface area contributed by atoms with Gasteiger partial charge in [-0.25, -0.2) is 4.79 Å². The van der Waals surface area contributed by atoms with Crippen molar-refractivity contribution in [1.82, 2.24) is 4.57 Å². The monoisotopic (exact) mass is 483 g/mol. The molecular weight excluding hydrogens is 458 g/mol. The normalized spacial score (nSPS) is 10.7. The van der Waals surface area contributed by atoms with E-state index in [2.05, 4.69) is 0 Å². The molecule has 9 nitrogen and oxygen atoms in total. The zero-order valence-corrected chi connectivity index (χ0v) is 19.6. The van der Waals surface area contributed by atoms with Crippen molar-refractivity contribution in [2.45, 2.75) is 13.5 Å². The number of nitrogens with one attached hydrogen (secondary N) is 2. The summed E-state index contributed by atoms with van der Waals surface area (Å²) < 4.78 is 12.6. The van der Waals surface area contributed by atoms with E-state index in [4.69, 9.17) is 31.8 Å². The number of benzene rings is 3. The highest BCUT2D eigenvalue weighted by Gasteiger charge is 2.18. The highest BCUT2D eigenvalue weighted by atomic mass is 16.5. The molecule has 0 amide bonds. The van der Waals surface area contributed by atoms with Crippen LogP contribution in [0.5, 0.6) is 11.5 Å². The number of nitrogen functional groups attached to an aromatic ring is 2. The van der Waals surface area contributed by atoms with E-state index >= 15 is 0 Å². The van der Waals surface area contributed by atoms with Crippen LogP contribution >= 0.6 is 0 Å². The fourth-order valence-electron chi connectivity index (χ4n) is 3.76. The number of esters is 1. The molecule has 0 aliphatic heterocycles. The molecule has 0 saturated heterocycles. The van der Waals surface area contributed by atoms with Gasteiger partial charge in [-0.15, -0.1) is 0 Å². The first kappa shape index (κ1) is 24.2. The van der Waals surface area contributed by atoms with Gasteiger partial charge in [0.1, 0.15) is 28.7 Å². The Labute approximate surface area is 206 Å². The number of nitrogens with zero attached hydrogens (tertiary/aromatic N) is 1. The maximum absolute atomic E-state index is 13.4. The SMILES string of the molecule is CCOC(=O)c1cc2ccc(Oc3cccc(C(=N)N)c3)cc2n(Cc2ccc(C(=N)N)cc2)c1=O. The third kappa shape index (κ3) is 5.10. The average molecular weight is 484 g/mol. The van der Waals surface area contributed by atoms with Crippen LogP contribution in [-0.4, -0.2) is 28.8 Å². The molecule has 0 spiro atoms. The molecule has 0 bridgehead atoms. The number of ether oxygens (including phenoxy) is 2. The molecular formula is C27H25N5O4. The predicted octanol–water partition coefficient (Wildman–Crippen LogP) is 3.59. The van der Waals surface area contributed by atoms with Crippen molar-refractivity contribution in [3.05, 3.63) is 105 Å². The number of fused-ring (bicyclic) bond motifs is 1. The number of pyridine rings is 1. The molecule has 36 heavy (non-hydrogen) atoms. The molecule has 0 atom stereocenters. The first-order valence-electron chi connectivity index (χ1n) is 11.2. The molecule has 0 saturated carbocycles. The van der Waals surface area contributed by atoms with Gasteiger partial charge in [-0.3, -0.25) is 15.6 Å². The summed E-state index contributed by atoms with van der Waals surface area (Å²) in [7, 11) is 0. The lowest BCUT2D eigenvalue weighted by molar-refractivity contribution is 0.0524. The molecule has 1 aromatic heterocycles. The quantitative estimate of drug-likeness (QED) is 0.170. The molecule has 0 aliphatic rings. The lowest BCUT2D eigenvalue weighted by Crippen LogP contribution is -2.28. The number of hydrogen-bond acceptors (Lipinski definition) is 6. The van der Waals surface area contributed by atoms with Gasteiger partial charge in [0.15, 0.2) is 0 Å². The Hall–Kier alpha value is -4.92. The highest BCUT2D eigenvalue weighted by Crippen LogP contribution is 2.27.